The van der Waals surface area contributed by atoms with Crippen molar-refractivity contribution in [1.29, 1.82) is 0 Å². The molecule has 3 rings (SSSR count). The summed E-state index contributed by atoms with van der Waals surface area (Å²) < 4.78 is 49.6. The number of halogens is 1. The SMILES string of the molecule is NS(=O)(=O)c1ccc(S(=O)(=O)Nc2[nH]c3ccccc3c2Cl)cc1. The number of hydrogen-bond acceptors (Lipinski definition) is 4. The van der Waals surface area contributed by atoms with Gasteiger partial charge in [-0.2, -0.15) is 0 Å². The predicted octanol–water partition coefficient (Wildman–Crippen LogP) is 2.27. The van der Waals surface area contributed by atoms with Crippen molar-refractivity contribution >= 4 is 48.4 Å². The van der Waals surface area contributed by atoms with Crippen LogP contribution in [0.1, 0.15) is 0 Å². The van der Waals surface area contributed by atoms with Crippen LogP contribution in [0.25, 0.3) is 10.9 Å². The number of fused-ring (bicyclic) bond motifs is 1. The normalized spacial score (nSPS) is 12.4. The highest BCUT2D eigenvalue weighted by Crippen LogP contribution is 2.32. The summed E-state index contributed by atoms with van der Waals surface area (Å²) in [7, 11) is -7.84. The van der Waals surface area contributed by atoms with E-state index in [0.29, 0.717) is 10.9 Å². The second-order valence-electron chi connectivity index (χ2n) is 4.98. The monoisotopic (exact) mass is 385 g/mol. The third-order valence-electron chi connectivity index (χ3n) is 3.34. The number of benzene rings is 2. The van der Waals surface area contributed by atoms with Gasteiger partial charge in [-0.1, -0.05) is 29.8 Å². The molecule has 4 N–H and O–H groups in total. The summed E-state index contributed by atoms with van der Waals surface area (Å²) in [6, 6.07) is 11.6. The lowest BCUT2D eigenvalue weighted by Gasteiger charge is -2.07. The molecule has 0 aliphatic carbocycles. The van der Waals surface area contributed by atoms with Crippen LogP contribution in [0.15, 0.2) is 58.3 Å². The van der Waals surface area contributed by atoms with Crippen molar-refractivity contribution in [1.82, 2.24) is 4.98 Å². The maximum atomic E-state index is 12.4. The molecular weight excluding hydrogens is 374 g/mol. The lowest BCUT2D eigenvalue weighted by molar-refractivity contribution is 0.595. The van der Waals surface area contributed by atoms with E-state index in [-0.39, 0.29) is 20.6 Å². The third kappa shape index (κ3) is 3.11. The van der Waals surface area contributed by atoms with Crippen LogP contribution in [0.3, 0.4) is 0 Å². The number of sulfonamides is 2. The Labute approximate surface area is 143 Å². The van der Waals surface area contributed by atoms with Crippen molar-refractivity contribution in [2.75, 3.05) is 4.72 Å². The average molecular weight is 386 g/mol. The van der Waals surface area contributed by atoms with Crippen molar-refractivity contribution in [3.05, 3.63) is 53.6 Å². The smallest absolute Gasteiger partial charge is 0.263 e. The fourth-order valence-electron chi connectivity index (χ4n) is 2.18. The lowest BCUT2D eigenvalue weighted by atomic mass is 10.2. The molecule has 0 unspecified atom stereocenters. The Hall–Kier alpha value is -2.07. The van der Waals surface area contributed by atoms with Crippen LogP contribution in [0.5, 0.6) is 0 Å². The highest BCUT2D eigenvalue weighted by molar-refractivity contribution is 7.92. The van der Waals surface area contributed by atoms with Gasteiger partial charge >= 0.3 is 0 Å². The molecule has 3 aromatic rings. The van der Waals surface area contributed by atoms with Gasteiger partial charge in [-0.3, -0.25) is 4.72 Å². The molecule has 0 saturated carbocycles. The van der Waals surface area contributed by atoms with E-state index in [1.54, 1.807) is 24.3 Å². The quantitative estimate of drug-likeness (QED) is 0.637. The van der Waals surface area contributed by atoms with Gasteiger partial charge in [0.15, 0.2) is 0 Å². The minimum Gasteiger partial charge on any atom is -0.339 e. The number of para-hydroxylation sites is 1. The molecule has 126 valence electrons. The first kappa shape index (κ1) is 16.8. The number of aromatic nitrogens is 1. The summed E-state index contributed by atoms with van der Waals surface area (Å²) in [6.45, 7) is 0. The van der Waals surface area contributed by atoms with Crippen molar-refractivity contribution in [2.24, 2.45) is 5.14 Å². The van der Waals surface area contributed by atoms with E-state index in [2.05, 4.69) is 9.71 Å². The Bertz CT molecular complexity index is 1120. The summed E-state index contributed by atoms with van der Waals surface area (Å²) in [4.78, 5) is 2.59. The van der Waals surface area contributed by atoms with Crippen LogP contribution in [-0.2, 0) is 20.0 Å². The number of rotatable bonds is 4. The number of aromatic amines is 1. The van der Waals surface area contributed by atoms with Crippen LogP contribution in [-0.4, -0.2) is 21.8 Å². The molecule has 0 amide bonds. The predicted molar refractivity (Wildman–Crippen MR) is 91.9 cm³/mol. The summed E-state index contributed by atoms with van der Waals surface area (Å²) >= 11 is 6.18. The fraction of sp³-hybridized carbons (Fsp3) is 0. The third-order valence-corrected chi connectivity index (χ3v) is 6.03. The van der Waals surface area contributed by atoms with E-state index in [1.807, 2.05) is 0 Å². The van der Waals surface area contributed by atoms with Crippen LogP contribution in [0.4, 0.5) is 5.82 Å². The minimum atomic E-state index is -3.95. The second kappa shape index (κ2) is 5.78. The summed E-state index contributed by atoms with van der Waals surface area (Å²) in [5.41, 5.74) is 0.685. The van der Waals surface area contributed by atoms with Gasteiger partial charge in [0.1, 0.15) is 5.82 Å². The molecule has 24 heavy (non-hydrogen) atoms. The maximum Gasteiger partial charge on any atom is 0.263 e. The summed E-state index contributed by atoms with van der Waals surface area (Å²) in [6.07, 6.45) is 0. The van der Waals surface area contributed by atoms with Gasteiger partial charge in [-0.15, -0.1) is 0 Å². The van der Waals surface area contributed by atoms with Crippen molar-refractivity contribution in [2.45, 2.75) is 9.79 Å². The van der Waals surface area contributed by atoms with E-state index in [1.165, 1.54) is 0 Å². The lowest BCUT2D eigenvalue weighted by Crippen LogP contribution is -2.15. The molecule has 0 fully saturated rings. The molecule has 0 aliphatic heterocycles. The van der Waals surface area contributed by atoms with E-state index in [4.69, 9.17) is 16.7 Å². The zero-order valence-electron chi connectivity index (χ0n) is 12.0. The molecule has 0 spiro atoms. The molecule has 0 saturated heterocycles. The zero-order valence-corrected chi connectivity index (χ0v) is 14.4. The van der Waals surface area contributed by atoms with E-state index in [9.17, 15) is 16.8 Å². The Morgan fingerprint density at radius 2 is 1.50 bits per heavy atom. The number of anilines is 1. The standard InChI is InChI=1S/C14H12ClN3O4S2/c15-13-11-3-1-2-4-12(11)17-14(13)18-24(21,22)10-7-5-9(6-8-10)23(16,19)20/h1-8,17-18H,(H2,16,19,20). The van der Waals surface area contributed by atoms with Gasteiger partial charge in [0.2, 0.25) is 10.0 Å². The highest BCUT2D eigenvalue weighted by Gasteiger charge is 2.19. The average Bonchev–Trinajstić information content (AvgIpc) is 2.83. The first-order valence-electron chi connectivity index (χ1n) is 6.60. The van der Waals surface area contributed by atoms with Crippen molar-refractivity contribution in [3.63, 3.8) is 0 Å². The molecular formula is C14H12ClN3O4S2. The van der Waals surface area contributed by atoms with Gasteiger partial charge in [-0.25, -0.2) is 22.0 Å². The Morgan fingerprint density at radius 1 is 0.917 bits per heavy atom. The minimum absolute atomic E-state index is 0.121. The molecule has 10 heteroatoms. The van der Waals surface area contributed by atoms with Crippen LogP contribution in [0.2, 0.25) is 5.02 Å². The van der Waals surface area contributed by atoms with E-state index in [0.717, 1.165) is 24.3 Å². The molecule has 0 bridgehead atoms. The van der Waals surface area contributed by atoms with Gasteiger partial charge in [0, 0.05) is 10.9 Å². The van der Waals surface area contributed by atoms with Gasteiger partial charge in [0.05, 0.1) is 14.8 Å². The maximum absolute atomic E-state index is 12.4. The molecule has 0 atom stereocenters. The number of nitrogens with one attached hydrogen (secondary N) is 2. The van der Waals surface area contributed by atoms with E-state index < -0.39 is 20.0 Å². The molecule has 7 nitrogen and oxygen atoms in total. The number of hydrogen-bond donors (Lipinski definition) is 3. The second-order valence-corrected chi connectivity index (χ2v) is 8.60. The van der Waals surface area contributed by atoms with Crippen LogP contribution >= 0.6 is 11.6 Å². The van der Waals surface area contributed by atoms with E-state index >= 15 is 0 Å². The number of H-pyrrole nitrogens is 1. The molecule has 1 heterocycles. The Balaban J connectivity index is 1.97. The van der Waals surface area contributed by atoms with Gasteiger partial charge in [-0.05, 0) is 30.3 Å². The van der Waals surface area contributed by atoms with Gasteiger partial charge in [0.25, 0.3) is 10.0 Å². The molecule has 2 aromatic carbocycles. The Morgan fingerprint density at radius 3 is 2.08 bits per heavy atom. The zero-order chi connectivity index (χ0) is 17.5. The van der Waals surface area contributed by atoms with Crippen molar-refractivity contribution in [3.8, 4) is 0 Å². The van der Waals surface area contributed by atoms with Crippen LogP contribution < -0.4 is 9.86 Å². The number of nitrogens with two attached hydrogens (primary N) is 1. The first-order valence-corrected chi connectivity index (χ1v) is 10.0. The first-order chi connectivity index (χ1) is 11.2. The largest absolute Gasteiger partial charge is 0.339 e. The summed E-state index contributed by atoms with van der Waals surface area (Å²) in [5.74, 6) is 0.133. The molecule has 1 aromatic heterocycles. The highest BCUT2D eigenvalue weighted by atomic mass is 35.5. The Kier molecular flexibility index (Phi) is 4.04. The summed E-state index contributed by atoms with van der Waals surface area (Å²) in [5, 5.41) is 5.91. The molecule has 0 radical (unpaired) electrons. The fourth-order valence-corrected chi connectivity index (χ4v) is 4.04. The van der Waals surface area contributed by atoms with Crippen LogP contribution in [0, 0.1) is 0 Å². The molecule has 0 aliphatic rings. The van der Waals surface area contributed by atoms with Gasteiger partial charge < -0.3 is 4.98 Å². The van der Waals surface area contributed by atoms with Crippen molar-refractivity contribution < 1.29 is 16.8 Å². The topological polar surface area (TPSA) is 122 Å². The number of primary sulfonamides is 1.